The van der Waals surface area contributed by atoms with E-state index in [1.54, 1.807) is 6.07 Å². The molecule has 0 heterocycles. The van der Waals surface area contributed by atoms with E-state index in [-0.39, 0.29) is 5.75 Å². The van der Waals surface area contributed by atoms with Crippen LogP contribution in [0.5, 0.6) is 5.75 Å². The quantitative estimate of drug-likeness (QED) is 0.724. The number of benzene rings is 2. The number of anilines is 2. The molecule has 18 heavy (non-hydrogen) atoms. The average Bonchev–Trinajstić information content (AvgIpc) is 2.40. The van der Waals surface area contributed by atoms with Crippen molar-refractivity contribution in [1.29, 1.82) is 0 Å². The standard InChI is InChI=1S/C15H18N2O/c1-10-3-8-14(18)15(11(10)2)17-13-6-4-12(9-16)5-7-13/h3-8,17-18H,9,16H2,1-2H3. The molecule has 0 amide bonds. The third-order valence-corrected chi connectivity index (χ3v) is 3.17. The van der Waals surface area contributed by atoms with E-state index in [9.17, 15) is 5.11 Å². The molecule has 0 aromatic heterocycles. The van der Waals surface area contributed by atoms with Crippen molar-refractivity contribution in [2.75, 3.05) is 5.32 Å². The molecule has 0 atom stereocenters. The molecule has 0 saturated carbocycles. The lowest BCUT2D eigenvalue weighted by Crippen LogP contribution is -1.98. The summed E-state index contributed by atoms with van der Waals surface area (Å²) in [4.78, 5) is 0. The Balaban J connectivity index is 2.30. The number of aromatic hydroxyl groups is 1. The van der Waals surface area contributed by atoms with Crippen molar-refractivity contribution >= 4 is 11.4 Å². The first-order valence-corrected chi connectivity index (χ1v) is 5.97. The lowest BCUT2D eigenvalue weighted by Gasteiger charge is -2.13. The van der Waals surface area contributed by atoms with Crippen molar-refractivity contribution in [3.8, 4) is 5.75 Å². The maximum absolute atomic E-state index is 9.90. The predicted octanol–water partition coefficient (Wildman–Crippen LogP) is 3.21. The van der Waals surface area contributed by atoms with E-state index in [0.717, 1.165) is 28.1 Å². The minimum absolute atomic E-state index is 0.265. The van der Waals surface area contributed by atoms with Crippen molar-refractivity contribution < 1.29 is 5.11 Å². The topological polar surface area (TPSA) is 58.3 Å². The van der Waals surface area contributed by atoms with E-state index in [2.05, 4.69) is 5.32 Å². The number of aryl methyl sites for hydroxylation is 1. The summed E-state index contributed by atoms with van der Waals surface area (Å²) >= 11 is 0. The van der Waals surface area contributed by atoms with Gasteiger partial charge >= 0.3 is 0 Å². The summed E-state index contributed by atoms with van der Waals surface area (Å²) in [7, 11) is 0. The fourth-order valence-corrected chi connectivity index (χ4v) is 1.83. The lowest BCUT2D eigenvalue weighted by atomic mass is 10.1. The van der Waals surface area contributed by atoms with E-state index in [1.807, 2.05) is 44.2 Å². The average molecular weight is 242 g/mol. The highest BCUT2D eigenvalue weighted by molar-refractivity contribution is 5.70. The number of hydrogen-bond donors (Lipinski definition) is 3. The summed E-state index contributed by atoms with van der Waals surface area (Å²) in [6, 6.07) is 11.5. The molecule has 0 bridgehead atoms. The van der Waals surface area contributed by atoms with Gasteiger partial charge in [-0.2, -0.15) is 0 Å². The van der Waals surface area contributed by atoms with Crippen molar-refractivity contribution in [2.45, 2.75) is 20.4 Å². The Morgan fingerprint density at radius 1 is 1.06 bits per heavy atom. The fraction of sp³-hybridized carbons (Fsp3) is 0.200. The van der Waals surface area contributed by atoms with Gasteiger partial charge in [0.05, 0.1) is 5.69 Å². The Morgan fingerprint density at radius 3 is 2.33 bits per heavy atom. The van der Waals surface area contributed by atoms with Crippen molar-refractivity contribution in [3.63, 3.8) is 0 Å². The molecule has 0 aliphatic carbocycles. The lowest BCUT2D eigenvalue weighted by molar-refractivity contribution is 0.477. The second-order valence-corrected chi connectivity index (χ2v) is 4.43. The molecular weight excluding hydrogens is 224 g/mol. The first kappa shape index (κ1) is 12.5. The van der Waals surface area contributed by atoms with Crippen LogP contribution in [-0.2, 0) is 6.54 Å². The number of nitrogens with two attached hydrogens (primary N) is 1. The minimum atomic E-state index is 0.265. The number of rotatable bonds is 3. The molecule has 2 aromatic rings. The molecule has 0 spiro atoms. The van der Waals surface area contributed by atoms with Gasteiger partial charge in [-0.25, -0.2) is 0 Å². The van der Waals surface area contributed by atoms with Crippen LogP contribution < -0.4 is 11.1 Å². The summed E-state index contributed by atoms with van der Waals surface area (Å²) < 4.78 is 0. The zero-order chi connectivity index (χ0) is 13.1. The van der Waals surface area contributed by atoms with E-state index in [0.29, 0.717) is 6.54 Å². The van der Waals surface area contributed by atoms with Crippen LogP contribution in [0.15, 0.2) is 36.4 Å². The SMILES string of the molecule is Cc1ccc(O)c(Nc2ccc(CN)cc2)c1C. The van der Waals surface area contributed by atoms with E-state index >= 15 is 0 Å². The summed E-state index contributed by atoms with van der Waals surface area (Å²) in [5.74, 6) is 0.265. The van der Waals surface area contributed by atoms with E-state index < -0.39 is 0 Å². The van der Waals surface area contributed by atoms with Crippen LogP contribution in [0.1, 0.15) is 16.7 Å². The van der Waals surface area contributed by atoms with Gasteiger partial charge in [-0.15, -0.1) is 0 Å². The van der Waals surface area contributed by atoms with Gasteiger partial charge in [0.1, 0.15) is 5.75 Å². The largest absolute Gasteiger partial charge is 0.506 e. The summed E-state index contributed by atoms with van der Waals surface area (Å²) in [5.41, 5.74) is 10.6. The highest BCUT2D eigenvalue weighted by Gasteiger charge is 2.07. The van der Waals surface area contributed by atoms with Crippen molar-refractivity contribution in [2.24, 2.45) is 5.73 Å². The fourth-order valence-electron chi connectivity index (χ4n) is 1.83. The zero-order valence-electron chi connectivity index (χ0n) is 10.7. The Kier molecular flexibility index (Phi) is 3.53. The third-order valence-electron chi connectivity index (χ3n) is 3.17. The molecule has 0 unspecified atom stereocenters. The van der Waals surface area contributed by atoms with Gasteiger partial charge in [0.2, 0.25) is 0 Å². The maximum atomic E-state index is 9.90. The first-order chi connectivity index (χ1) is 8.61. The van der Waals surface area contributed by atoms with Gasteiger partial charge in [0.25, 0.3) is 0 Å². The summed E-state index contributed by atoms with van der Waals surface area (Å²) in [5, 5.41) is 13.1. The van der Waals surface area contributed by atoms with Crippen LogP contribution in [0, 0.1) is 13.8 Å². The van der Waals surface area contributed by atoms with Gasteiger partial charge in [0.15, 0.2) is 0 Å². The van der Waals surface area contributed by atoms with Crippen LogP contribution >= 0.6 is 0 Å². The van der Waals surface area contributed by atoms with Crippen LogP contribution in [0.25, 0.3) is 0 Å². The van der Waals surface area contributed by atoms with Crippen LogP contribution in [0.3, 0.4) is 0 Å². The number of phenolic OH excluding ortho intramolecular Hbond substituents is 1. The summed E-state index contributed by atoms with van der Waals surface area (Å²) in [6.45, 7) is 4.55. The van der Waals surface area contributed by atoms with Gasteiger partial charge < -0.3 is 16.2 Å². The molecule has 3 heteroatoms. The minimum Gasteiger partial charge on any atom is -0.506 e. The van der Waals surface area contributed by atoms with Crippen LogP contribution in [-0.4, -0.2) is 5.11 Å². The second-order valence-electron chi connectivity index (χ2n) is 4.43. The maximum Gasteiger partial charge on any atom is 0.139 e. The Hall–Kier alpha value is -2.00. The predicted molar refractivity (Wildman–Crippen MR) is 75.2 cm³/mol. The van der Waals surface area contributed by atoms with Gasteiger partial charge in [-0.05, 0) is 48.7 Å². The third kappa shape index (κ3) is 2.46. The van der Waals surface area contributed by atoms with Crippen molar-refractivity contribution in [3.05, 3.63) is 53.1 Å². The number of hydrogen-bond acceptors (Lipinski definition) is 3. The van der Waals surface area contributed by atoms with Gasteiger partial charge in [-0.1, -0.05) is 18.2 Å². The Morgan fingerprint density at radius 2 is 1.72 bits per heavy atom. The highest BCUT2D eigenvalue weighted by atomic mass is 16.3. The molecule has 0 radical (unpaired) electrons. The van der Waals surface area contributed by atoms with Crippen LogP contribution in [0.2, 0.25) is 0 Å². The normalized spacial score (nSPS) is 10.4. The molecule has 2 aromatic carbocycles. The molecule has 0 aliphatic rings. The monoisotopic (exact) mass is 242 g/mol. The smallest absolute Gasteiger partial charge is 0.139 e. The first-order valence-electron chi connectivity index (χ1n) is 5.97. The highest BCUT2D eigenvalue weighted by Crippen LogP contribution is 2.31. The Labute approximate surface area is 107 Å². The van der Waals surface area contributed by atoms with Crippen molar-refractivity contribution in [1.82, 2.24) is 0 Å². The molecule has 4 N–H and O–H groups in total. The van der Waals surface area contributed by atoms with Crippen LogP contribution in [0.4, 0.5) is 11.4 Å². The van der Waals surface area contributed by atoms with Gasteiger partial charge in [0, 0.05) is 12.2 Å². The molecule has 2 rings (SSSR count). The Bertz CT molecular complexity index is 547. The molecule has 0 fully saturated rings. The van der Waals surface area contributed by atoms with E-state index in [1.165, 1.54) is 0 Å². The molecule has 3 nitrogen and oxygen atoms in total. The molecule has 94 valence electrons. The second kappa shape index (κ2) is 5.10. The summed E-state index contributed by atoms with van der Waals surface area (Å²) in [6.07, 6.45) is 0. The molecule has 0 saturated heterocycles. The molecular formula is C15H18N2O. The number of phenols is 1. The number of nitrogens with one attached hydrogen (secondary N) is 1. The van der Waals surface area contributed by atoms with Gasteiger partial charge in [-0.3, -0.25) is 0 Å². The molecule has 0 aliphatic heterocycles. The van der Waals surface area contributed by atoms with E-state index in [4.69, 9.17) is 5.73 Å². The zero-order valence-corrected chi connectivity index (χ0v) is 10.7.